The first kappa shape index (κ1) is 18.4. The number of benzene rings is 1. The smallest absolute Gasteiger partial charge is 0.262 e. The number of nitrogens with one attached hydrogen (secondary N) is 2. The zero-order chi connectivity index (χ0) is 20.1. The molecule has 3 unspecified atom stereocenters. The first-order valence-corrected chi connectivity index (χ1v) is 10.3. The third kappa shape index (κ3) is 3.26. The number of carbonyl (C=O) groups is 4. The van der Waals surface area contributed by atoms with E-state index in [0.29, 0.717) is 23.2 Å². The maximum absolute atomic E-state index is 13.0. The predicted molar refractivity (Wildman–Crippen MR) is 103 cm³/mol. The summed E-state index contributed by atoms with van der Waals surface area (Å²) in [7, 11) is 0. The maximum atomic E-state index is 13.0. The Bertz CT molecular complexity index is 914. The van der Waals surface area contributed by atoms with Crippen LogP contribution < -0.4 is 10.6 Å². The molecule has 0 spiro atoms. The van der Waals surface area contributed by atoms with E-state index in [9.17, 15) is 19.2 Å². The molecule has 3 atom stereocenters. The lowest BCUT2D eigenvalue weighted by atomic mass is 10.0. The third-order valence-electron chi connectivity index (χ3n) is 6.52. The van der Waals surface area contributed by atoms with E-state index in [1.54, 1.807) is 12.1 Å². The lowest BCUT2D eigenvalue weighted by Crippen LogP contribution is -2.54. The summed E-state index contributed by atoms with van der Waals surface area (Å²) in [5, 5.41) is 5.89. The van der Waals surface area contributed by atoms with E-state index in [4.69, 9.17) is 0 Å². The number of amides is 4. The van der Waals surface area contributed by atoms with Crippen LogP contribution >= 0.6 is 0 Å². The summed E-state index contributed by atoms with van der Waals surface area (Å²) in [5.41, 5.74) is 1.68. The molecule has 2 bridgehead atoms. The van der Waals surface area contributed by atoms with Crippen molar-refractivity contribution in [2.45, 2.75) is 56.8 Å². The molecule has 0 radical (unpaired) electrons. The summed E-state index contributed by atoms with van der Waals surface area (Å²) >= 11 is 0. The Labute approximate surface area is 168 Å². The summed E-state index contributed by atoms with van der Waals surface area (Å²) < 4.78 is 0. The molecule has 8 nitrogen and oxygen atoms in total. The Hall–Kier alpha value is -2.58. The Kier molecular flexibility index (Phi) is 4.48. The number of imide groups is 2. The highest BCUT2D eigenvalue weighted by Crippen LogP contribution is 2.29. The van der Waals surface area contributed by atoms with E-state index < -0.39 is 23.8 Å². The molecule has 4 heterocycles. The molecule has 4 amide bonds. The van der Waals surface area contributed by atoms with Crippen molar-refractivity contribution < 1.29 is 19.2 Å². The largest absolute Gasteiger partial charge is 0.310 e. The van der Waals surface area contributed by atoms with Crippen molar-refractivity contribution in [3.8, 4) is 0 Å². The van der Waals surface area contributed by atoms with Gasteiger partial charge in [-0.25, -0.2) is 0 Å². The molecule has 1 aromatic carbocycles. The number of piperidine rings is 1. The first-order chi connectivity index (χ1) is 14.0. The van der Waals surface area contributed by atoms with Gasteiger partial charge >= 0.3 is 0 Å². The molecule has 2 N–H and O–H groups in total. The fourth-order valence-corrected chi connectivity index (χ4v) is 5.03. The molecule has 4 aliphatic heterocycles. The highest BCUT2D eigenvalue weighted by Gasteiger charge is 2.44. The van der Waals surface area contributed by atoms with Crippen LogP contribution in [0.2, 0.25) is 0 Å². The quantitative estimate of drug-likeness (QED) is 0.719. The van der Waals surface area contributed by atoms with E-state index in [0.717, 1.165) is 36.5 Å². The first-order valence-electron chi connectivity index (χ1n) is 10.3. The highest BCUT2D eigenvalue weighted by molar-refractivity contribution is 6.23. The SMILES string of the molecule is O=C1CCC(N2C(=O)c3ccc(CN4CCC5CCC(C4)N5)cc3C2=O)C(=O)N1. The maximum Gasteiger partial charge on any atom is 0.262 e. The van der Waals surface area contributed by atoms with Crippen molar-refractivity contribution in [3.05, 3.63) is 34.9 Å². The molecule has 1 aromatic rings. The summed E-state index contributed by atoms with van der Waals surface area (Å²) in [6.07, 6.45) is 3.89. The number of nitrogens with zero attached hydrogens (tertiary/aromatic N) is 2. The van der Waals surface area contributed by atoms with Crippen molar-refractivity contribution in [2.24, 2.45) is 0 Å². The van der Waals surface area contributed by atoms with Gasteiger partial charge < -0.3 is 5.32 Å². The summed E-state index contributed by atoms with van der Waals surface area (Å²) in [6, 6.07) is 5.61. The summed E-state index contributed by atoms with van der Waals surface area (Å²) in [6.45, 7) is 2.74. The molecule has 0 saturated carbocycles. The molecule has 0 aliphatic carbocycles. The Morgan fingerprint density at radius 3 is 2.55 bits per heavy atom. The fraction of sp³-hybridized carbons (Fsp3) is 0.524. The lowest BCUT2D eigenvalue weighted by molar-refractivity contribution is -0.136. The van der Waals surface area contributed by atoms with Crippen molar-refractivity contribution in [2.75, 3.05) is 13.1 Å². The van der Waals surface area contributed by atoms with Gasteiger partial charge in [0, 0.05) is 38.1 Å². The third-order valence-corrected chi connectivity index (χ3v) is 6.52. The Morgan fingerprint density at radius 1 is 0.931 bits per heavy atom. The van der Waals surface area contributed by atoms with Crippen molar-refractivity contribution >= 4 is 23.6 Å². The van der Waals surface area contributed by atoms with Gasteiger partial charge in [-0.1, -0.05) is 6.07 Å². The molecule has 5 rings (SSSR count). The minimum atomic E-state index is -0.921. The van der Waals surface area contributed by atoms with Crippen molar-refractivity contribution in [1.29, 1.82) is 0 Å². The molecule has 4 aliphatic rings. The molecular weight excluding hydrogens is 372 g/mol. The van der Waals surface area contributed by atoms with Crippen LogP contribution in [0.1, 0.15) is 58.4 Å². The van der Waals surface area contributed by atoms with Crippen LogP contribution in [0.5, 0.6) is 0 Å². The molecule has 8 heteroatoms. The van der Waals surface area contributed by atoms with Gasteiger partial charge in [-0.05, 0) is 43.4 Å². The second-order valence-electron chi connectivity index (χ2n) is 8.49. The molecule has 29 heavy (non-hydrogen) atoms. The van der Waals surface area contributed by atoms with Gasteiger partial charge in [-0.2, -0.15) is 0 Å². The molecule has 3 fully saturated rings. The van der Waals surface area contributed by atoms with Crippen LogP contribution in [-0.2, 0) is 16.1 Å². The highest BCUT2D eigenvalue weighted by atomic mass is 16.2. The normalized spacial score (nSPS) is 29.8. The van der Waals surface area contributed by atoms with Crippen LogP contribution in [0.4, 0.5) is 0 Å². The number of hydrogen-bond donors (Lipinski definition) is 2. The van der Waals surface area contributed by atoms with Gasteiger partial charge in [0.1, 0.15) is 6.04 Å². The Balaban J connectivity index is 1.34. The zero-order valence-corrected chi connectivity index (χ0v) is 16.1. The van der Waals surface area contributed by atoms with Crippen LogP contribution in [0.15, 0.2) is 18.2 Å². The second kappa shape index (κ2) is 7.03. The van der Waals surface area contributed by atoms with Crippen molar-refractivity contribution in [3.63, 3.8) is 0 Å². The summed E-state index contributed by atoms with van der Waals surface area (Å²) in [4.78, 5) is 52.7. The number of hydrogen-bond acceptors (Lipinski definition) is 6. The predicted octanol–water partition coefficient (Wildman–Crippen LogP) is 0.414. The van der Waals surface area contributed by atoms with Gasteiger partial charge in [-0.3, -0.25) is 34.3 Å². The fourth-order valence-electron chi connectivity index (χ4n) is 5.03. The number of likely N-dealkylation sites (tertiary alicyclic amines) is 1. The number of rotatable bonds is 3. The van der Waals surface area contributed by atoms with Crippen LogP contribution in [0, 0.1) is 0 Å². The standard InChI is InChI=1S/C21H24N4O4/c26-18-6-5-17(19(27)23-18)25-20(28)15-4-1-12(9-16(15)21(25)29)10-24-8-7-13-2-3-14(11-24)22-13/h1,4,9,13-14,17,22H,2-3,5-8,10-11H2,(H,23,26,27). The molecule has 152 valence electrons. The number of fused-ring (bicyclic) bond motifs is 3. The number of carbonyl (C=O) groups excluding carboxylic acids is 4. The van der Waals surface area contributed by atoms with Gasteiger partial charge in [-0.15, -0.1) is 0 Å². The molecule has 3 saturated heterocycles. The van der Waals surface area contributed by atoms with Crippen molar-refractivity contribution in [1.82, 2.24) is 20.4 Å². The average Bonchev–Trinajstić information content (AvgIpc) is 3.15. The Morgan fingerprint density at radius 2 is 1.72 bits per heavy atom. The average molecular weight is 396 g/mol. The minimum absolute atomic E-state index is 0.125. The monoisotopic (exact) mass is 396 g/mol. The van der Waals surface area contributed by atoms with Gasteiger partial charge in [0.2, 0.25) is 11.8 Å². The minimum Gasteiger partial charge on any atom is -0.310 e. The van der Waals surface area contributed by atoms with Gasteiger partial charge in [0.05, 0.1) is 11.1 Å². The summed E-state index contributed by atoms with van der Waals surface area (Å²) in [5.74, 6) is -1.85. The lowest BCUT2D eigenvalue weighted by Gasteiger charge is -2.27. The molecule has 0 aromatic heterocycles. The zero-order valence-electron chi connectivity index (χ0n) is 16.1. The van der Waals surface area contributed by atoms with E-state index in [2.05, 4.69) is 15.5 Å². The van der Waals surface area contributed by atoms with E-state index in [-0.39, 0.29) is 18.7 Å². The van der Waals surface area contributed by atoms with Gasteiger partial charge in [0.25, 0.3) is 11.8 Å². The van der Waals surface area contributed by atoms with E-state index in [1.165, 1.54) is 12.8 Å². The van der Waals surface area contributed by atoms with Crippen LogP contribution in [-0.4, -0.2) is 64.6 Å². The van der Waals surface area contributed by atoms with Gasteiger partial charge in [0.15, 0.2) is 0 Å². The molecular formula is C21H24N4O4. The second-order valence-corrected chi connectivity index (χ2v) is 8.49. The van der Waals surface area contributed by atoms with E-state index >= 15 is 0 Å². The van der Waals surface area contributed by atoms with Crippen LogP contribution in [0.3, 0.4) is 0 Å². The topological polar surface area (TPSA) is 98.8 Å². The van der Waals surface area contributed by atoms with E-state index in [1.807, 2.05) is 6.07 Å². The van der Waals surface area contributed by atoms with Crippen LogP contribution in [0.25, 0.3) is 0 Å².